The fraction of sp³-hybridized carbons (Fsp3) is 0.300. The zero-order valence-corrected chi connectivity index (χ0v) is 21.7. The van der Waals surface area contributed by atoms with Crippen LogP contribution >= 0.6 is 0 Å². The van der Waals surface area contributed by atoms with Crippen LogP contribution in [-0.2, 0) is 0 Å². The van der Waals surface area contributed by atoms with E-state index < -0.39 is 0 Å². The van der Waals surface area contributed by atoms with E-state index in [2.05, 4.69) is 16.7 Å². The van der Waals surface area contributed by atoms with Crippen LogP contribution in [0.3, 0.4) is 0 Å². The lowest BCUT2D eigenvalue weighted by Crippen LogP contribution is -2.38. The molecule has 3 aromatic carbocycles. The number of methoxy groups -OCH3 is 1. The Morgan fingerprint density at radius 2 is 1.74 bits per heavy atom. The van der Waals surface area contributed by atoms with Crippen LogP contribution in [0.15, 0.2) is 66.7 Å². The Morgan fingerprint density at radius 1 is 1.03 bits per heavy atom. The highest BCUT2D eigenvalue weighted by Gasteiger charge is 2.25. The van der Waals surface area contributed by atoms with E-state index in [0.29, 0.717) is 53.9 Å². The lowest BCUT2D eigenvalue weighted by Gasteiger charge is -2.32. The summed E-state index contributed by atoms with van der Waals surface area (Å²) in [4.78, 5) is 27.6. The third-order valence-electron chi connectivity index (χ3n) is 6.74. The highest BCUT2D eigenvalue weighted by atomic mass is 16.5. The van der Waals surface area contributed by atoms with Crippen molar-refractivity contribution in [1.29, 1.82) is 5.26 Å². The second-order valence-corrected chi connectivity index (χ2v) is 9.21. The van der Waals surface area contributed by atoms with Gasteiger partial charge in [0.2, 0.25) is 0 Å². The molecule has 0 bridgehead atoms. The molecule has 0 aromatic heterocycles. The largest absolute Gasteiger partial charge is 0.493 e. The van der Waals surface area contributed by atoms with Crippen molar-refractivity contribution in [3.05, 3.63) is 89.0 Å². The van der Waals surface area contributed by atoms with E-state index in [9.17, 15) is 9.59 Å². The number of carbonyl (C=O) groups excluding carboxylic acids is 2. The third kappa shape index (κ3) is 6.62. The molecule has 3 amide bonds. The van der Waals surface area contributed by atoms with Crippen LogP contribution < -0.4 is 20.1 Å². The molecular formula is C30H32N4O4. The van der Waals surface area contributed by atoms with E-state index in [-0.39, 0.29) is 18.5 Å². The Morgan fingerprint density at radius 3 is 2.42 bits per heavy atom. The molecule has 0 atom stereocenters. The van der Waals surface area contributed by atoms with Gasteiger partial charge in [0.05, 0.1) is 25.3 Å². The molecule has 2 N–H and O–H groups in total. The number of piperidine rings is 1. The summed E-state index contributed by atoms with van der Waals surface area (Å²) in [6.07, 6.45) is 1.74. The standard InChI is InChI=1S/C30H32N4O4/c1-21-7-10-25(29(35)34-16-13-24(14-17-34)23-11-8-22(20-31)9-12-23)19-26(21)33-30(36)32-15-18-38-28-6-4-3-5-27(28)37-2/h3-12,19,24H,13-18H2,1-2H3,(H2,32,33,36). The summed E-state index contributed by atoms with van der Waals surface area (Å²) in [6, 6.07) is 22.2. The predicted molar refractivity (Wildman–Crippen MR) is 146 cm³/mol. The molecule has 1 heterocycles. The van der Waals surface area contributed by atoms with Crippen molar-refractivity contribution >= 4 is 17.6 Å². The zero-order chi connectivity index (χ0) is 26.9. The molecule has 0 spiro atoms. The molecule has 0 aliphatic carbocycles. The molecule has 4 rings (SSSR count). The number of ether oxygens (including phenoxy) is 2. The molecule has 1 saturated heterocycles. The Hall–Kier alpha value is -4.51. The number of amides is 3. The van der Waals surface area contributed by atoms with Gasteiger partial charge in [-0.05, 0) is 73.2 Å². The molecule has 0 saturated carbocycles. The first-order valence-corrected chi connectivity index (χ1v) is 12.7. The number of para-hydroxylation sites is 2. The summed E-state index contributed by atoms with van der Waals surface area (Å²) in [5.41, 5.74) is 3.85. The number of likely N-dealkylation sites (tertiary alicyclic amines) is 1. The van der Waals surface area contributed by atoms with Crippen LogP contribution in [0.1, 0.15) is 45.8 Å². The fourth-order valence-electron chi connectivity index (χ4n) is 4.55. The quantitative estimate of drug-likeness (QED) is 0.409. The molecule has 38 heavy (non-hydrogen) atoms. The van der Waals surface area contributed by atoms with Gasteiger partial charge in [0.25, 0.3) is 5.91 Å². The summed E-state index contributed by atoms with van der Waals surface area (Å²) < 4.78 is 10.9. The first-order valence-electron chi connectivity index (χ1n) is 12.7. The summed E-state index contributed by atoms with van der Waals surface area (Å²) in [7, 11) is 1.58. The minimum atomic E-state index is -0.371. The number of hydrogen-bond donors (Lipinski definition) is 2. The molecule has 8 nitrogen and oxygen atoms in total. The Bertz CT molecular complexity index is 1310. The highest BCUT2D eigenvalue weighted by molar-refractivity contribution is 5.97. The van der Waals surface area contributed by atoms with E-state index in [4.69, 9.17) is 14.7 Å². The van der Waals surface area contributed by atoms with Gasteiger partial charge in [-0.15, -0.1) is 0 Å². The number of urea groups is 1. The number of aryl methyl sites for hydroxylation is 1. The number of hydrogen-bond acceptors (Lipinski definition) is 5. The van der Waals surface area contributed by atoms with Crippen molar-refractivity contribution in [1.82, 2.24) is 10.2 Å². The Balaban J connectivity index is 1.28. The van der Waals surface area contributed by atoms with Crippen LogP contribution in [0.5, 0.6) is 11.5 Å². The van der Waals surface area contributed by atoms with E-state index >= 15 is 0 Å². The molecule has 1 aliphatic rings. The van der Waals surface area contributed by atoms with Gasteiger partial charge in [-0.25, -0.2) is 4.79 Å². The maximum atomic E-state index is 13.2. The number of nitrogens with one attached hydrogen (secondary N) is 2. The smallest absolute Gasteiger partial charge is 0.319 e. The predicted octanol–water partition coefficient (Wildman–Crippen LogP) is 5.10. The molecular weight excluding hydrogens is 480 g/mol. The molecule has 3 aromatic rings. The average molecular weight is 513 g/mol. The third-order valence-corrected chi connectivity index (χ3v) is 6.74. The molecule has 8 heteroatoms. The van der Waals surface area contributed by atoms with E-state index in [1.165, 1.54) is 5.56 Å². The maximum Gasteiger partial charge on any atom is 0.319 e. The highest BCUT2D eigenvalue weighted by Crippen LogP contribution is 2.29. The monoisotopic (exact) mass is 512 g/mol. The zero-order valence-electron chi connectivity index (χ0n) is 21.7. The minimum Gasteiger partial charge on any atom is -0.493 e. The van der Waals surface area contributed by atoms with E-state index in [1.807, 2.05) is 60.4 Å². The summed E-state index contributed by atoms with van der Waals surface area (Å²) in [6.45, 7) is 3.79. The minimum absolute atomic E-state index is 0.0445. The van der Waals surface area contributed by atoms with Crippen LogP contribution in [0.4, 0.5) is 10.5 Å². The number of benzene rings is 3. The van der Waals surface area contributed by atoms with Gasteiger partial charge in [-0.3, -0.25) is 4.79 Å². The van der Waals surface area contributed by atoms with E-state index in [0.717, 1.165) is 18.4 Å². The normalized spacial score (nSPS) is 13.3. The van der Waals surface area contributed by atoms with Gasteiger partial charge in [0.1, 0.15) is 6.61 Å². The summed E-state index contributed by atoms with van der Waals surface area (Å²) in [5, 5.41) is 14.6. The van der Waals surface area contributed by atoms with Crippen molar-refractivity contribution < 1.29 is 19.1 Å². The maximum absolute atomic E-state index is 13.2. The van der Waals surface area contributed by atoms with Crippen LogP contribution in [-0.4, -0.2) is 50.2 Å². The van der Waals surface area contributed by atoms with Gasteiger partial charge in [0.15, 0.2) is 11.5 Å². The Kier molecular flexibility index (Phi) is 8.83. The van der Waals surface area contributed by atoms with Crippen molar-refractivity contribution in [2.75, 3.05) is 38.7 Å². The Labute approximate surface area is 223 Å². The molecule has 1 aliphatic heterocycles. The molecule has 196 valence electrons. The van der Waals surface area contributed by atoms with Crippen molar-refractivity contribution in [2.45, 2.75) is 25.7 Å². The second-order valence-electron chi connectivity index (χ2n) is 9.21. The molecule has 1 fully saturated rings. The van der Waals surface area contributed by atoms with Crippen molar-refractivity contribution in [3.8, 4) is 17.6 Å². The average Bonchev–Trinajstić information content (AvgIpc) is 2.96. The number of carbonyl (C=O) groups is 2. The van der Waals surface area contributed by atoms with Gasteiger partial charge in [-0.1, -0.05) is 30.3 Å². The first-order chi connectivity index (χ1) is 18.5. The lowest BCUT2D eigenvalue weighted by molar-refractivity contribution is 0.0713. The summed E-state index contributed by atoms with van der Waals surface area (Å²) >= 11 is 0. The second kappa shape index (κ2) is 12.6. The molecule has 0 unspecified atom stereocenters. The number of nitriles is 1. The van der Waals surface area contributed by atoms with Crippen LogP contribution in [0.2, 0.25) is 0 Å². The van der Waals surface area contributed by atoms with Gasteiger partial charge < -0.3 is 25.0 Å². The SMILES string of the molecule is COc1ccccc1OCCNC(=O)Nc1cc(C(=O)N2CCC(c3ccc(C#N)cc3)CC2)ccc1C. The molecule has 0 radical (unpaired) electrons. The first kappa shape index (κ1) is 26.6. The van der Waals surface area contributed by atoms with Crippen LogP contribution in [0, 0.1) is 18.3 Å². The van der Waals surface area contributed by atoms with Crippen LogP contribution in [0.25, 0.3) is 0 Å². The van der Waals surface area contributed by atoms with Crippen molar-refractivity contribution in [3.63, 3.8) is 0 Å². The number of nitrogens with zero attached hydrogens (tertiary/aromatic N) is 2. The van der Waals surface area contributed by atoms with Gasteiger partial charge in [-0.2, -0.15) is 5.26 Å². The van der Waals surface area contributed by atoms with Gasteiger partial charge in [0, 0.05) is 24.3 Å². The lowest BCUT2D eigenvalue weighted by atomic mass is 9.89. The van der Waals surface area contributed by atoms with Crippen molar-refractivity contribution in [2.24, 2.45) is 0 Å². The van der Waals surface area contributed by atoms with Gasteiger partial charge >= 0.3 is 6.03 Å². The van der Waals surface area contributed by atoms with E-state index in [1.54, 1.807) is 25.3 Å². The number of anilines is 1. The fourth-order valence-corrected chi connectivity index (χ4v) is 4.55. The topological polar surface area (TPSA) is 104 Å². The number of rotatable bonds is 8. The summed E-state index contributed by atoms with van der Waals surface area (Å²) in [5.74, 6) is 1.57.